The average Bonchev–Trinajstić information content (AvgIpc) is 2.97. The summed E-state index contributed by atoms with van der Waals surface area (Å²) in [6.45, 7) is 2.03. The zero-order valence-electron chi connectivity index (χ0n) is 11.2. The van der Waals surface area contributed by atoms with Gasteiger partial charge < -0.3 is 10.2 Å². The number of anilines is 2. The van der Waals surface area contributed by atoms with E-state index in [1.807, 2.05) is 12.1 Å². The number of aromatic nitrogens is 1. The molecule has 4 nitrogen and oxygen atoms in total. The molecular formula is C16H16N4. The molecule has 1 unspecified atom stereocenters. The van der Waals surface area contributed by atoms with E-state index in [0.717, 1.165) is 25.3 Å². The SMILES string of the molecule is N#Cc1ccc(NC2CCN(c3ccccc3)C2)nc1. The molecule has 1 N–H and O–H groups in total. The molecule has 1 aliphatic rings. The van der Waals surface area contributed by atoms with Crippen molar-refractivity contribution in [3.05, 3.63) is 54.2 Å². The van der Waals surface area contributed by atoms with Crippen LogP contribution in [0.3, 0.4) is 0 Å². The zero-order chi connectivity index (χ0) is 13.8. The lowest BCUT2D eigenvalue weighted by molar-refractivity contribution is 0.801. The summed E-state index contributed by atoms with van der Waals surface area (Å²) in [7, 11) is 0. The van der Waals surface area contributed by atoms with Gasteiger partial charge in [-0.05, 0) is 30.7 Å². The molecule has 0 aliphatic carbocycles. The molecule has 0 saturated carbocycles. The van der Waals surface area contributed by atoms with E-state index >= 15 is 0 Å². The van der Waals surface area contributed by atoms with Gasteiger partial charge in [-0.3, -0.25) is 0 Å². The molecule has 0 bridgehead atoms. The van der Waals surface area contributed by atoms with E-state index in [1.54, 1.807) is 12.3 Å². The topological polar surface area (TPSA) is 52.0 Å². The van der Waals surface area contributed by atoms with Gasteiger partial charge in [0.25, 0.3) is 0 Å². The molecule has 1 atom stereocenters. The maximum absolute atomic E-state index is 8.76. The van der Waals surface area contributed by atoms with Gasteiger partial charge in [-0.2, -0.15) is 5.26 Å². The second kappa shape index (κ2) is 5.62. The fourth-order valence-corrected chi connectivity index (χ4v) is 2.51. The molecule has 0 spiro atoms. The molecule has 100 valence electrons. The van der Waals surface area contributed by atoms with Crippen LogP contribution in [0.1, 0.15) is 12.0 Å². The summed E-state index contributed by atoms with van der Waals surface area (Å²) < 4.78 is 0. The first-order valence-electron chi connectivity index (χ1n) is 6.78. The van der Waals surface area contributed by atoms with Gasteiger partial charge >= 0.3 is 0 Å². The first-order chi connectivity index (χ1) is 9.85. The minimum Gasteiger partial charge on any atom is -0.369 e. The van der Waals surface area contributed by atoms with E-state index in [0.29, 0.717) is 11.6 Å². The lowest BCUT2D eigenvalue weighted by atomic mass is 10.2. The summed E-state index contributed by atoms with van der Waals surface area (Å²) in [5.41, 5.74) is 1.86. The molecule has 20 heavy (non-hydrogen) atoms. The fraction of sp³-hybridized carbons (Fsp3) is 0.250. The number of nitrogens with one attached hydrogen (secondary N) is 1. The van der Waals surface area contributed by atoms with Crippen LogP contribution in [0, 0.1) is 11.3 Å². The molecule has 1 saturated heterocycles. The largest absolute Gasteiger partial charge is 0.369 e. The van der Waals surface area contributed by atoms with Gasteiger partial charge in [-0.15, -0.1) is 0 Å². The maximum atomic E-state index is 8.76. The summed E-state index contributed by atoms with van der Waals surface area (Å²) in [4.78, 5) is 6.63. The lowest BCUT2D eigenvalue weighted by Crippen LogP contribution is -2.26. The smallest absolute Gasteiger partial charge is 0.126 e. The summed E-state index contributed by atoms with van der Waals surface area (Å²) in [5, 5.41) is 12.2. The van der Waals surface area contributed by atoms with Crippen molar-refractivity contribution in [2.24, 2.45) is 0 Å². The van der Waals surface area contributed by atoms with Gasteiger partial charge in [-0.25, -0.2) is 4.98 Å². The molecule has 1 aromatic heterocycles. The van der Waals surface area contributed by atoms with E-state index < -0.39 is 0 Å². The number of pyridine rings is 1. The quantitative estimate of drug-likeness (QED) is 0.926. The highest BCUT2D eigenvalue weighted by molar-refractivity contribution is 5.48. The Morgan fingerprint density at radius 1 is 1.20 bits per heavy atom. The van der Waals surface area contributed by atoms with Crippen molar-refractivity contribution < 1.29 is 0 Å². The van der Waals surface area contributed by atoms with Gasteiger partial charge in [0.15, 0.2) is 0 Å². The molecule has 4 heteroatoms. The number of hydrogen-bond donors (Lipinski definition) is 1. The van der Waals surface area contributed by atoms with Gasteiger partial charge in [0.2, 0.25) is 0 Å². The predicted molar refractivity (Wildman–Crippen MR) is 79.6 cm³/mol. The number of hydrogen-bond acceptors (Lipinski definition) is 4. The highest BCUT2D eigenvalue weighted by Crippen LogP contribution is 2.21. The number of para-hydroxylation sites is 1. The van der Waals surface area contributed by atoms with Crippen LogP contribution in [0.25, 0.3) is 0 Å². The summed E-state index contributed by atoms with van der Waals surface area (Å²) in [6.07, 6.45) is 2.70. The summed E-state index contributed by atoms with van der Waals surface area (Å²) in [6, 6.07) is 16.6. The summed E-state index contributed by atoms with van der Waals surface area (Å²) in [5.74, 6) is 0.837. The van der Waals surface area contributed by atoms with Crippen LogP contribution in [0.15, 0.2) is 48.7 Å². The number of benzene rings is 1. The van der Waals surface area contributed by atoms with Crippen molar-refractivity contribution in [1.82, 2.24) is 4.98 Å². The molecule has 1 fully saturated rings. The molecule has 1 aromatic carbocycles. The third-order valence-corrected chi connectivity index (χ3v) is 3.55. The molecule has 3 rings (SSSR count). The molecule has 2 heterocycles. The van der Waals surface area contributed by atoms with Crippen LogP contribution < -0.4 is 10.2 Å². The van der Waals surface area contributed by atoms with Crippen molar-refractivity contribution in [2.75, 3.05) is 23.3 Å². The molecule has 1 aliphatic heterocycles. The number of rotatable bonds is 3. The van der Waals surface area contributed by atoms with Crippen LogP contribution in [-0.4, -0.2) is 24.1 Å². The molecule has 0 amide bonds. The van der Waals surface area contributed by atoms with E-state index in [4.69, 9.17) is 5.26 Å². The Hall–Kier alpha value is -2.54. The normalized spacial score (nSPS) is 17.8. The van der Waals surface area contributed by atoms with E-state index in [2.05, 4.69) is 45.5 Å². The van der Waals surface area contributed by atoms with Crippen molar-refractivity contribution in [3.63, 3.8) is 0 Å². The van der Waals surface area contributed by atoms with Crippen molar-refractivity contribution >= 4 is 11.5 Å². The number of nitrogens with zero attached hydrogens (tertiary/aromatic N) is 3. The Morgan fingerprint density at radius 3 is 2.75 bits per heavy atom. The standard InChI is InChI=1S/C16H16N4/c17-10-13-6-7-16(18-11-13)19-14-8-9-20(12-14)15-4-2-1-3-5-15/h1-7,11,14H,8-9,12H2,(H,18,19). The highest BCUT2D eigenvalue weighted by Gasteiger charge is 2.22. The van der Waals surface area contributed by atoms with E-state index in [-0.39, 0.29) is 0 Å². The Labute approximate surface area is 118 Å². The predicted octanol–water partition coefficient (Wildman–Crippen LogP) is 2.64. The Balaban J connectivity index is 1.61. The lowest BCUT2D eigenvalue weighted by Gasteiger charge is -2.19. The first kappa shape index (κ1) is 12.5. The van der Waals surface area contributed by atoms with Gasteiger partial charge in [-0.1, -0.05) is 18.2 Å². The Morgan fingerprint density at radius 2 is 2.05 bits per heavy atom. The van der Waals surface area contributed by atoms with Gasteiger partial charge in [0.1, 0.15) is 11.9 Å². The molecular weight excluding hydrogens is 248 g/mol. The van der Waals surface area contributed by atoms with Crippen molar-refractivity contribution in [3.8, 4) is 6.07 Å². The molecule has 2 aromatic rings. The van der Waals surface area contributed by atoms with Crippen molar-refractivity contribution in [2.45, 2.75) is 12.5 Å². The van der Waals surface area contributed by atoms with E-state index in [1.165, 1.54) is 5.69 Å². The second-order valence-corrected chi connectivity index (χ2v) is 4.96. The van der Waals surface area contributed by atoms with Gasteiger partial charge in [0, 0.05) is 31.0 Å². The van der Waals surface area contributed by atoms with Crippen LogP contribution in [-0.2, 0) is 0 Å². The fourth-order valence-electron chi connectivity index (χ4n) is 2.51. The molecule has 0 radical (unpaired) electrons. The third-order valence-electron chi connectivity index (χ3n) is 3.55. The zero-order valence-corrected chi connectivity index (χ0v) is 11.2. The van der Waals surface area contributed by atoms with Crippen LogP contribution >= 0.6 is 0 Å². The monoisotopic (exact) mass is 264 g/mol. The minimum atomic E-state index is 0.399. The third kappa shape index (κ3) is 2.72. The maximum Gasteiger partial charge on any atom is 0.126 e. The second-order valence-electron chi connectivity index (χ2n) is 4.96. The minimum absolute atomic E-state index is 0.399. The van der Waals surface area contributed by atoms with Gasteiger partial charge in [0.05, 0.1) is 5.56 Å². The van der Waals surface area contributed by atoms with E-state index in [9.17, 15) is 0 Å². The highest BCUT2D eigenvalue weighted by atomic mass is 15.2. The van der Waals surface area contributed by atoms with Crippen LogP contribution in [0.5, 0.6) is 0 Å². The van der Waals surface area contributed by atoms with Crippen LogP contribution in [0.2, 0.25) is 0 Å². The van der Waals surface area contributed by atoms with Crippen LogP contribution in [0.4, 0.5) is 11.5 Å². The number of nitriles is 1. The summed E-state index contributed by atoms with van der Waals surface area (Å²) >= 11 is 0. The average molecular weight is 264 g/mol. The Bertz CT molecular complexity index is 601. The Kier molecular flexibility index (Phi) is 3.51. The first-order valence-corrected chi connectivity index (χ1v) is 6.78. The van der Waals surface area contributed by atoms with Crippen molar-refractivity contribution in [1.29, 1.82) is 5.26 Å².